The van der Waals surface area contributed by atoms with Gasteiger partial charge in [0.15, 0.2) is 4.91 Å². The van der Waals surface area contributed by atoms with Crippen LogP contribution in [0, 0.1) is 23.2 Å². The van der Waals surface area contributed by atoms with Crippen LogP contribution in [-0.2, 0) is 19.1 Å². The van der Waals surface area contributed by atoms with Gasteiger partial charge in [-0.1, -0.05) is 11.8 Å². The van der Waals surface area contributed by atoms with Crippen molar-refractivity contribution >= 4 is 38.8 Å². The van der Waals surface area contributed by atoms with Crippen molar-refractivity contribution in [3.8, 4) is 17.9 Å². The number of carbonyl (C=O) groups is 1. The summed E-state index contributed by atoms with van der Waals surface area (Å²) in [4.78, 5) is 23.4. The fourth-order valence-corrected chi connectivity index (χ4v) is 3.38. The number of rotatable bonds is 4. The number of nitrogens with zero attached hydrogens (tertiary/aromatic N) is 1. The van der Waals surface area contributed by atoms with E-state index in [4.69, 9.17) is 9.68 Å². The molecule has 0 radical (unpaired) electrons. The summed E-state index contributed by atoms with van der Waals surface area (Å²) in [7, 11) is -4.28. The average Bonchev–Trinajstić information content (AvgIpc) is 2.62. The Bertz CT molecular complexity index is 1270. The molecule has 1 aromatic heterocycles. The largest absolute Gasteiger partial charge is 0.422 e. The second-order valence-electron chi connectivity index (χ2n) is 5.76. The van der Waals surface area contributed by atoms with Crippen molar-refractivity contribution in [3.05, 3.63) is 44.7 Å². The maximum atomic E-state index is 12.3. The minimum atomic E-state index is -4.28. The summed E-state index contributed by atoms with van der Waals surface area (Å²) in [6.07, 6.45) is 1.58. The van der Waals surface area contributed by atoms with E-state index in [0.29, 0.717) is 23.1 Å². The minimum absolute atomic E-state index is 0.143. The molecule has 1 aromatic carbocycles. The Morgan fingerprint density at radius 2 is 2.18 bits per heavy atom. The molecule has 0 unspecified atom stereocenters. The van der Waals surface area contributed by atoms with E-state index < -0.39 is 20.6 Å². The number of amides is 1. The van der Waals surface area contributed by atoms with E-state index in [0.717, 1.165) is 6.08 Å². The highest BCUT2D eigenvalue weighted by Gasteiger charge is 2.19. The topological polar surface area (TPSA) is 126 Å². The lowest BCUT2D eigenvalue weighted by atomic mass is 10.1. The third-order valence-electron chi connectivity index (χ3n) is 3.81. The van der Waals surface area contributed by atoms with Crippen molar-refractivity contribution in [2.75, 3.05) is 11.9 Å². The number of hydrogen-bond donors (Lipinski definition) is 1. The van der Waals surface area contributed by atoms with Crippen molar-refractivity contribution in [2.24, 2.45) is 0 Å². The van der Waals surface area contributed by atoms with E-state index in [9.17, 15) is 18.0 Å². The molecule has 0 aliphatic carbocycles. The molecule has 1 N–H and O–H groups in total. The van der Waals surface area contributed by atoms with Crippen molar-refractivity contribution in [1.82, 2.24) is 0 Å². The van der Waals surface area contributed by atoms with Crippen LogP contribution in [0.25, 0.3) is 17.0 Å². The molecule has 0 atom stereocenters. The summed E-state index contributed by atoms with van der Waals surface area (Å²) < 4.78 is 33.7. The van der Waals surface area contributed by atoms with Crippen LogP contribution in [0.15, 0.2) is 32.3 Å². The van der Waals surface area contributed by atoms with Gasteiger partial charge < -0.3 is 9.73 Å². The number of carbonyl (C=O) groups excluding carboxylic acids is 1. The maximum Gasteiger partial charge on any atom is 0.343 e. The predicted octanol–water partition coefficient (Wildman–Crippen LogP) is 2.11. The zero-order chi connectivity index (χ0) is 20.3. The molecule has 0 bridgehead atoms. The first kappa shape index (κ1) is 19.4. The van der Waals surface area contributed by atoms with Gasteiger partial charge in [0.25, 0.3) is 0 Å². The molecule has 0 spiro atoms. The van der Waals surface area contributed by atoms with Crippen LogP contribution >= 0.6 is 0 Å². The van der Waals surface area contributed by atoms with Gasteiger partial charge in [-0.3, -0.25) is 8.98 Å². The van der Waals surface area contributed by atoms with Crippen LogP contribution in [-0.4, -0.2) is 20.9 Å². The Morgan fingerprint density at radius 3 is 2.89 bits per heavy atom. The van der Waals surface area contributed by atoms with Crippen LogP contribution in [0.5, 0.6) is 0 Å². The van der Waals surface area contributed by atoms with Crippen LogP contribution in [0.1, 0.15) is 30.9 Å². The molecule has 3 rings (SSSR count). The van der Waals surface area contributed by atoms with Gasteiger partial charge >= 0.3 is 15.7 Å². The Labute approximate surface area is 160 Å². The van der Waals surface area contributed by atoms with Crippen LogP contribution in [0.3, 0.4) is 0 Å². The second-order valence-corrected chi connectivity index (χ2v) is 7.34. The first-order valence-corrected chi connectivity index (χ1v) is 9.66. The highest BCUT2D eigenvalue weighted by atomic mass is 32.2. The molecule has 28 heavy (non-hydrogen) atoms. The van der Waals surface area contributed by atoms with E-state index in [2.05, 4.69) is 21.3 Å². The zero-order valence-corrected chi connectivity index (χ0v) is 15.6. The van der Waals surface area contributed by atoms with Gasteiger partial charge in [-0.05, 0) is 31.2 Å². The van der Waals surface area contributed by atoms with Crippen LogP contribution in [0.2, 0.25) is 0 Å². The number of allylic oxidation sites excluding steroid dienone is 1. The fraction of sp³-hybridized carbons (Fsp3) is 0.211. The van der Waals surface area contributed by atoms with Crippen LogP contribution < -0.4 is 10.9 Å². The van der Waals surface area contributed by atoms with Crippen molar-refractivity contribution < 1.29 is 21.8 Å². The summed E-state index contributed by atoms with van der Waals surface area (Å²) >= 11 is 0. The van der Waals surface area contributed by atoms with Gasteiger partial charge in [-0.25, -0.2) is 4.79 Å². The Kier molecular flexibility index (Phi) is 5.32. The fourth-order valence-electron chi connectivity index (χ4n) is 2.56. The third-order valence-corrected chi connectivity index (χ3v) is 5.11. The lowest BCUT2D eigenvalue weighted by Gasteiger charge is -2.10. The molecular formula is C19H14N2O6S. The molecular weight excluding hydrogens is 384 g/mol. The van der Waals surface area contributed by atoms with Gasteiger partial charge in [0.2, 0.25) is 5.91 Å². The monoisotopic (exact) mass is 398 g/mol. The summed E-state index contributed by atoms with van der Waals surface area (Å²) in [6.45, 7) is 1.31. The van der Waals surface area contributed by atoms with E-state index >= 15 is 0 Å². The smallest absolute Gasteiger partial charge is 0.343 e. The standard InChI is InChI=1S/C19H14N2O6S/c1-2-26-28(24,25)15(11-20)8-14-7-13-9-16-12(10-17(13)27-19(14)23)5-3-4-6-18(22)21-16/h7-10H,2,4,6H2,1H3,(H,21,22). The molecule has 142 valence electrons. The highest BCUT2D eigenvalue weighted by molar-refractivity contribution is 7.91. The maximum absolute atomic E-state index is 12.3. The van der Waals surface area contributed by atoms with Gasteiger partial charge in [-0.2, -0.15) is 13.7 Å². The molecule has 2 heterocycles. The van der Waals surface area contributed by atoms with Crippen molar-refractivity contribution in [2.45, 2.75) is 19.8 Å². The average molecular weight is 398 g/mol. The molecule has 1 aliphatic rings. The molecule has 9 heteroatoms. The molecule has 1 aliphatic heterocycles. The number of fused-ring (bicyclic) bond motifs is 2. The summed E-state index contributed by atoms with van der Waals surface area (Å²) in [5.41, 5.74) is 0.209. The number of benzene rings is 1. The molecule has 2 aromatic rings. The number of anilines is 1. The third kappa shape index (κ3) is 3.96. The van der Waals surface area contributed by atoms with Gasteiger partial charge in [-0.15, -0.1) is 0 Å². The Morgan fingerprint density at radius 1 is 1.39 bits per heavy atom. The highest BCUT2D eigenvalue weighted by Crippen LogP contribution is 2.25. The molecule has 8 nitrogen and oxygen atoms in total. The van der Waals surface area contributed by atoms with E-state index in [1.807, 2.05) is 0 Å². The van der Waals surface area contributed by atoms with E-state index in [-0.39, 0.29) is 30.1 Å². The second kappa shape index (κ2) is 7.69. The minimum Gasteiger partial charge on any atom is -0.422 e. The van der Waals surface area contributed by atoms with E-state index in [1.54, 1.807) is 6.07 Å². The predicted molar refractivity (Wildman–Crippen MR) is 101 cm³/mol. The lowest BCUT2D eigenvalue weighted by Crippen LogP contribution is -2.13. The Balaban J connectivity index is 2.17. The van der Waals surface area contributed by atoms with E-state index in [1.165, 1.54) is 25.1 Å². The van der Waals surface area contributed by atoms with Crippen molar-refractivity contribution in [3.63, 3.8) is 0 Å². The Hall–Kier alpha value is -3.40. The molecule has 0 fully saturated rings. The first-order chi connectivity index (χ1) is 13.3. The quantitative estimate of drug-likeness (QED) is 0.362. The SMILES string of the molecule is CCOS(=O)(=O)C(C#N)=Cc1cc2cc3c(cc2oc1=O)C#CCCC(=O)N3. The zero-order valence-electron chi connectivity index (χ0n) is 14.7. The number of nitriles is 1. The number of nitrogens with one attached hydrogen (secondary N) is 1. The molecule has 0 saturated carbocycles. The lowest BCUT2D eigenvalue weighted by molar-refractivity contribution is -0.116. The van der Waals surface area contributed by atoms with Gasteiger partial charge in [0.1, 0.15) is 11.7 Å². The number of hydrogen-bond acceptors (Lipinski definition) is 7. The summed E-state index contributed by atoms with van der Waals surface area (Å²) in [6, 6.07) is 5.99. The van der Waals surface area contributed by atoms with Crippen molar-refractivity contribution in [1.29, 1.82) is 5.26 Å². The van der Waals surface area contributed by atoms with Gasteiger partial charge in [0, 0.05) is 18.2 Å². The van der Waals surface area contributed by atoms with Crippen LogP contribution in [0.4, 0.5) is 5.69 Å². The normalized spacial score (nSPS) is 14.1. The molecule has 1 amide bonds. The summed E-state index contributed by atoms with van der Waals surface area (Å²) in [5.74, 6) is 5.59. The summed E-state index contributed by atoms with van der Waals surface area (Å²) in [5, 5.41) is 12.3. The van der Waals surface area contributed by atoms with Gasteiger partial charge in [0.05, 0.1) is 23.4 Å². The first-order valence-electron chi connectivity index (χ1n) is 8.26. The molecule has 0 saturated heterocycles.